The number of hydrogen-bond acceptors (Lipinski definition) is 27. The molecule has 53 heavy (non-hydrogen) atoms. The Morgan fingerprint density at radius 3 is 1.77 bits per heavy atom. The molecule has 0 saturated carbocycles. The summed E-state index contributed by atoms with van der Waals surface area (Å²) in [6, 6.07) is 1.76. The van der Waals surface area contributed by atoms with Crippen molar-refractivity contribution in [2.45, 2.75) is 32.9 Å². The van der Waals surface area contributed by atoms with E-state index in [1.807, 2.05) is 0 Å². The van der Waals surface area contributed by atoms with Crippen molar-refractivity contribution in [1.29, 1.82) is 5.26 Å². The maximum Gasteiger partial charge on any atom is 0.292 e. The lowest BCUT2D eigenvalue weighted by atomic mass is 10.3. The SMILES string of the molecule is Cc1nc(Nc2nnc(-n3nc(-c4nnn(CCCCn5nnc(-c6nc(Nc7nnc(-n8nc(C#N)nc8N)nn7)n[nH]6)n5)n4)nc3N)nn2)n[nH]1. The second kappa shape index (κ2) is 13.3. The molecule has 33 nitrogen and oxygen atoms in total. The first-order valence-electron chi connectivity index (χ1n) is 14.8. The fourth-order valence-electron chi connectivity index (χ4n) is 4.19. The lowest BCUT2D eigenvalue weighted by Crippen LogP contribution is -2.11. The van der Waals surface area contributed by atoms with E-state index in [0.717, 1.165) is 9.36 Å². The molecule has 0 aromatic carbocycles. The fraction of sp³-hybridized carbons (Fsp3) is 0.250. The first kappa shape index (κ1) is 31.5. The molecule has 0 aliphatic rings. The van der Waals surface area contributed by atoms with Crippen molar-refractivity contribution >= 4 is 35.7 Å². The molecule has 8 aromatic rings. The summed E-state index contributed by atoms with van der Waals surface area (Å²) in [7, 11) is 0. The van der Waals surface area contributed by atoms with E-state index in [4.69, 9.17) is 16.7 Å². The number of H-pyrrole nitrogens is 2. The van der Waals surface area contributed by atoms with Gasteiger partial charge in [0.1, 0.15) is 11.9 Å². The van der Waals surface area contributed by atoms with E-state index in [9.17, 15) is 0 Å². The van der Waals surface area contributed by atoms with Gasteiger partial charge in [-0.05, 0) is 30.2 Å². The molecule has 0 aliphatic carbocycles. The zero-order valence-corrected chi connectivity index (χ0v) is 26.6. The highest BCUT2D eigenvalue weighted by Gasteiger charge is 2.19. The highest BCUT2D eigenvalue weighted by Crippen LogP contribution is 2.15. The number of nitriles is 1. The second-order valence-corrected chi connectivity index (χ2v) is 10.2. The van der Waals surface area contributed by atoms with Gasteiger partial charge in [-0.25, -0.2) is 0 Å². The lowest BCUT2D eigenvalue weighted by molar-refractivity contribution is 0.437. The van der Waals surface area contributed by atoms with Gasteiger partial charge in [-0.15, -0.1) is 81.6 Å². The number of aryl methyl sites for hydroxylation is 3. The predicted molar refractivity (Wildman–Crippen MR) is 166 cm³/mol. The number of nitrogens with zero attached hydrogens (tertiary/aromatic N) is 27. The third kappa shape index (κ3) is 6.78. The van der Waals surface area contributed by atoms with E-state index in [0.29, 0.717) is 31.8 Å². The van der Waals surface area contributed by atoms with Gasteiger partial charge in [0, 0.05) is 0 Å². The van der Waals surface area contributed by atoms with Crippen molar-refractivity contribution in [3.63, 3.8) is 0 Å². The molecule has 0 radical (unpaired) electrons. The number of nitrogens with two attached hydrogens (primary N) is 2. The summed E-state index contributed by atoms with van der Waals surface area (Å²) in [5, 5.41) is 91.9. The van der Waals surface area contributed by atoms with E-state index in [2.05, 4.69) is 133 Å². The van der Waals surface area contributed by atoms with Crippen LogP contribution in [-0.2, 0) is 13.1 Å². The van der Waals surface area contributed by atoms with Gasteiger partial charge in [0.15, 0.2) is 5.82 Å². The van der Waals surface area contributed by atoms with Crippen LogP contribution in [-0.4, -0.2) is 141 Å². The van der Waals surface area contributed by atoms with Crippen LogP contribution in [0.3, 0.4) is 0 Å². The maximum atomic E-state index is 8.92. The zero-order valence-electron chi connectivity index (χ0n) is 26.6. The molecular weight excluding hydrogens is 702 g/mol. The van der Waals surface area contributed by atoms with Crippen LogP contribution in [0.25, 0.3) is 35.2 Å². The minimum absolute atomic E-state index is 0.0290. The zero-order chi connectivity index (χ0) is 36.3. The molecule has 8 heterocycles. The quantitative estimate of drug-likeness (QED) is 0.0615. The number of unbranched alkanes of at least 4 members (excludes halogenated alkanes) is 1. The number of tetrazole rings is 2. The Labute approximate surface area is 290 Å². The summed E-state index contributed by atoms with van der Waals surface area (Å²) in [6.07, 6.45) is 1.30. The Morgan fingerprint density at radius 2 is 1.17 bits per heavy atom. The van der Waals surface area contributed by atoms with Gasteiger partial charge in [-0.3, -0.25) is 20.8 Å². The third-order valence-corrected chi connectivity index (χ3v) is 6.49. The first-order valence-corrected chi connectivity index (χ1v) is 14.8. The van der Waals surface area contributed by atoms with Crippen LogP contribution < -0.4 is 22.1 Å². The molecule has 264 valence electrons. The first-order chi connectivity index (χ1) is 25.9. The van der Waals surface area contributed by atoms with Crippen molar-refractivity contribution in [3.05, 3.63) is 11.6 Å². The largest absolute Gasteiger partial charge is 0.368 e. The Morgan fingerprint density at radius 1 is 0.604 bits per heavy atom. The highest BCUT2D eigenvalue weighted by molar-refractivity contribution is 5.48. The maximum absolute atomic E-state index is 8.92. The molecule has 8 rings (SSSR count). The molecule has 0 bridgehead atoms. The molecule has 0 aliphatic heterocycles. The van der Waals surface area contributed by atoms with Crippen LogP contribution >= 0.6 is 0 Å². The smallest absolute Gasteiger partial charge is 0.292 e. The summed E-state index contributed by atoms with van der Waals surface area (Å²) in [4.78, 5) is 19.1. The van der Waals surface area contributed by atoms with Crippen molar-refractivity contribution in [3.8, 4) is 41.3 Å². The molecule has 0 fully saturated rings. The predicted octanol–water partition coefficient (Wildman–Crippen LogP) is -4.14. The molecule has 0 amide bonds. The van der Waals surface area contributed by atoms with Gasteiger partial charge in [-0.2, -0.15) is 44.2 Å². The number of rotatable bonds is 13. The van der Waals surface area contributed by atoms with Crippen LogP contribution in [0.1, 0.15) is 24.5 Å². The number of hydrogen-bond donors (Lipinski definition) is 6. The number of aromatic amines is 2. The van der Waals surface area contributed by atoms with E-state index in [-0.39, 0.29) is 76.7 Å². The normalized spacial score (nSPS) is 11.2. The lowest BCUT2D eigenvalue weighted by Gasteiger charge is -2.00. The van der Waals surface area contributed by atoms with Crippen LogP contribution in [0.5, 0.6) is 0 Å². The Balaban J connectivity index is 0.812. The molecule has 8 aromatic heterocycles. The summed E-state index contributed by atoms with van der Waals surface area (Å²) >= 11 is 0. The van der Waals surface area contributed by atoms with Gasteiger partial charge < -0.3 is 11.5 Å². The average molecular weight is 722 g/mol. The minimum atomic E-state index is -0.154. The molecule has 0 unspecified atom stereocenters. The van der Waals surface area contributed by atoms with E-state index in [1.165, 1.54) is 9.59 Å². The summed E-state index contributed by atoms with van der Waals surface area (Å²) in [6.45, 7) is 2.61. The van der Waals surface area contributed by atoms with Crippen LogP contribution in [0.2, 0.25) is 0 Å². The highest BCUT2D eigenvalue weighted by atomic mass is 15.6. The molecule has 8 N–H and O–H groups in total. The van der Waals surface area contributed by atoms with E-state index < -0.39 is 0 Å². The standard InChI is InChI=1S/C20H19N33/c1-7-24-15(34-30-7)28-17-36-42-20(43-37-17)53-14(23)26-10(47-53)12-33-49-51(46-12)5-3-2-4-50-45-11(32-48-50)9-27-16(35-31-9)29-18-38-40-19(41-39-18)52-13(22)25-8(6-21)44-52/h2-5H2,1H3,(H2,22,25,44)(H2,23,26,47)(H2,24,28,30,34,36,37)(H2,27,29,31,35,38,39). The van der Waals surface area contributed by atoms with Crippen molar-refractivity contribution in [2.24, 2.45) is 0 Å². The number of aromatic nitrogens is 28. The minimum Gasteiger partial charge on any atom is -0.368 e. The molecule has 0 saturated heterocycles. The summed E-state index contributed by atoms with van der Waals surface area (Å²) in [5.74, 6) is 1.26. The summed E-state index contributed by atoms with van der Waals surface area (Å²) in [5.41, 5.74) is 11.7. The van der Waals surface area contributed by atoms with Crippen LogP contribution in [0.15, 0.2) is 0 Å². The van der Waals surface area contributed by atoms with Crippen LogP contribution in [0, 0.1) is 18.3 Å². The van der Waals surface area contributed by atoms with Crippen molar-refractivity contribution in [1.82, 2.24) is 141 Å². The molecule has 0 atom stereocenters. The number of nitrogen functional groups attached to an aromatic ring is 2. The molecule has 33 heteroatoms. The fourth-order valence-corrected chi connectivity index (χ4v) is 4.19. The van der Waals surface area contributed by atoms with Crippen molar-refractivity contribution < 1.29 is 0 Å². The molecular formula is C20H19N33. The Kier molecular flexibility index (Phi) is 7.91. The number of nitrogens with one attached hydrogen (secondary N) is 4. The van der Waals surface area contributed by atoms with Crippen molar-refractivity contribution in [2.75, 3.05) is 22.1 Å². The second-order valence-electron chi connectivity index (χ2n) is 10.2. The van der Waals surface area contributed by atoms with Gasteiger partial charge in [-0.1, -0.05) is 0 Å². The Bertz CT molecular complexity index is 2520. The Hall–Kier alpha value is -8.73. The van der Waals surface area contributed by atoms with Gasteiger partial charge in [0.2, 0.25) is 41.3 Å². The van der Waals surface area contributed by atoms with E-state index in [1.54, 1.807) is 13.0 Å². The van der Waals surface area contributed by atoms with Gasteiger partial charge in [0.25, 0.3) is 29.6 Å². The summed E-state index contributed by atoms with van der Waals surface area (Å²) < 4.78 is 2.16. The topological polar surface area (TPSA) is 435 Å². The van der Waals surface area contributed by atoms with Crippen LogP contribution in [0.4, 0.5) is 35.7 Å². The average Bonchev–Trinajstić information content (AvgIpc) is 4.02. The van der Waals surface area contributed by atoms with E-state index >= 15 is 0 Å². The number of anilines is 6. The molecule has 0 spiro atoms. The van der Waals surface area contributed by atoms with Gasteiger partial charge in [0.05, 0.1) is 13.1 Å². The third-order valence-electron chi connectivity index (χ3n) is 6.49. The van der Waals surface area contributed by atoms with Gasteiger partial charge >= 0.3 is 0 Å². The monoisotopic (exact) mass is 721 g/mol.